The number of nitrogens with one attached hydrogen (secondary N) is 4. The molecule has 122 valence electrons. The monoisotopic (exact) mass is 288 g/mol. The highest BCUT2D eigenvalue weighted by molar-refractivity contribution is 4.78. The summed E-state index contributed by atoms with van der Waals surface area (Å²) in [6.45, 7) is 16.7. The Balaban J connectivity index is 0. The van der Waals surface area contributed by atoms with Gasteiger partial charge < -0.3 is 32.7 Å². The maximum Gasteiger partial charge on any atom is 0.00772 e. The third-order valence-electron chi connectivity index (χ3n) is 2.08. The summed E-state index contributed by atoms with van der Waals surface area (Å²) in [5.74, 6) is 0. The van der Waals surface area contributed by atoms with Gasteiger partial charge in [-0.3, -0.25) is 0 Å². The predicted octanol–water partition coefficient (Wildman–Crippen LogP) is -1.16. The summed E-state index contributed by atoms with van der Waals surface area (Å²) in [7, 11) is 0. The Morgan fingerprint density at radius 2 is 0.850 bits per heavy atom. The van der Waals surface area contributed by atoms with Crippen molar-refractivity contribution in [1.82, 2.24) is 21.3 Å². The molecule has 0 aliphatic rings. The molecule has 0 aliphatic heterocycles. The molecule has 0 fully saturated rings. The highest BCUT2D eigenvalue weighted by Crippen LogP contribution is 1.73. The lowest BCUT2D eigenvalue weighted by molar-refractivity contribution is 0.569. The molecule has 20 heavy (non-hydrogen) atoms. The summed E-state index contributed by atoms with van der Waals surface area (Å²) in [4.78, 5) is 0. The molecule has 0 rings (SSSR count). The van der Waals surface area contributed by atoms with E-state index in [1.165, 1.54) is 5.57 Å². The molecular weight excluding hydrogens is 252 g/mol. The normalized spacial score (nSPS) is 10.0. The van der Waals surface area contributed by atoms with Crippen molar-refractivity contribution in [3.63, 3.8) is 0 Å². The Morgan fingerprint density at radius 1 is 0.650 bits per heavy atom. The molecule has 6 nitrogen and oxygen atoms in total. The molecule has 0 aromatic heterocycles. The second-order valence-corrected chi connectivity index (χ2v) is 4.78. The Hall–Kier alpha value is -0.500. The van der Waals surface area contributed by atoms with E-state index in [0.717, 1.165) is 52.4 Å². The summed E-state index contributed by atoms with van der Waals surface area (Å²) in [5.41, 5.74) is 11.9. The number of hydrogen-bond donors (Lipinski definition) is 6. The maximum atomic E-state index is 5.35. The van der Waals surface area contributed by atoms with Crippen LogP contribution in [-0.2, 0) is 0 Å². The fourth-order valence-electron chi connectivity index (χ4n) is 1.23. The summed E-state index contributed by atoms with van der Waals surface area (Å²) >= 11 is 0. The predicted molar refractivity (Wildman–Crippen MR) is 90.1 cm³/mol. The van der Waals surface area contributed by atoms with Crippen molar-refractivity contribution in [2.24, 2.45) is 11.5 Å². The van der Waals surface area contributed by atoms with Crippen molar-refractivity contribution in [3.05, 3.63) is 12.2 Å². The zero-order valence-electron chi connectivity index (χ0n) is 13.4. The van der Waals surface area contributed by atoms with Crippen molar-refractivity contribution in [2.45, 2.75) is 13.8 Å². The van der Waals surface area contributed by atoms with Gasteiger partial charge in [-0.25, -0.2) is 0 Å². The van der Waals surface area contributed by atoms with Gasteiger partial charge in [0.2, 0.25) is 0 Å². The van der Waals surface area contributed by atoms with Gasteiger partial charge in [0.25, 0.3) is 0 Å². The quantitative estimate of drug-likeness (QED) is 0.189. The van der Waals surface area contributed by atoms with Gasteiger partial charge in [-0.2, -0.15) is 0 Å². The fourth-order valence-corrected chi connectivity index (χ4v) is 1.23. The van der Waals surface area contributed by atoms with Gasteiger partial charge in [0.15, 0.2) is 0 Å². The molecule has 8 N–H and O–H groups in total. The molecule has 0 heterocycles. The largest absolute Gasteiger partial charge is 0.329 e. The van der Waals surface area contributed by atoms with E-state index in [4.69, 9.17) is 11.5 Å². The minimum Gasteiger partial charge on any atom is -0.329 e. The van der Waals surface area contributed by atoms with E-state index in [2.05, 4.69) is 27.8 Å². The lowest BCUT2D eigenvalue weighted by Crippen LogP contribution is -2.36. The molecule has 0 aliphatic carbocycles. The van der Waals surface area contributed by atoms with Crippen LogP contribution in [0.5, 0.6) is 0 Å². The molecule has 6 heteroatoms. The van der Waals surface area contributed by atoms with E-state index in [0.29, 0.717) is 13.1 Å². The van der Waals surface area contributed by atoms with Gasteiger partial charge in [0, 0.05) is 65.4 Å². The first kappa shape index (κ1) is 21.8. The first-order chi connectivity index (χ1) is 9.65. The van der Waals surface area contributed by atoms with E-state index in [-0.39, 0.29) is 0 Å². The Labute approximate surface area is 125 Å². The van der Waals surface area contributed by atoms with Crippen molar-refractivity contribution in [3.8, 4) is 0 Å². The van der Waals surface area contributed by atoms with Gasteiger partial charge in [-0.05, 0) is 13.8 Å². The Morgan fingerprint density at radius 3 is 1.05 bits per heavy atom. The highest BCUT2D eigenvalue weighted by Gasteiger charge is 1.88. The molecule has 0 aromatic carbocycles. The van der Waals surface area contributed by atoms with E-state index < -0.39 is 0 Å². The van der Waals surface area contributed by atoms with Crippen molar-refractivity contribution in [1.29, 1.82) is 0 Å². The number of nitrogens with two attached hydrogens (primary N) is 2. The molecule has 0 amide bonds. The topological polar surface area (TPSA) is 100 Å². The lowest BCUT2D eigenvalue weighted by atomic mass is 10.4. The minimum atomic E-state index is 0.706. The van der Waals surface area contributed by atoms with Crippen LogP contribution in [0.3, 0.4) is 0 Å². The van der Waals surface area contributed by atoms with Gasteiger partial charge in [-0.15, -0.1) is 6.58 Å². The minimum absolute atomic E-state index is 0.706. The van der Waals surface area contributed by atoms with Crippen LogP contribution in [0.4, 0.5) is 0 Å². The molecule has 0 bridgehead atoms. The van der Waals surface area contributed by atoms with Crippen LogP contribution in [0.1, 0.15) is 13.8 Å². The van der Waals surface area contributed by atoms with Crippen LogP contribution in [0.15, 0.2) is 12.2 Å². The van der Waals surface area contributed by atoms with Gasteiger partial charge in [0.05, 0.1) is 0 Å². The van der Waals surface area contributed by atoms with Crippen LogP contribution in [0, 0.1) is 0 Å². The molecule has 0 radical (unpaired) electrons. The van der Waals surface area contributed by atoms with Gasteiger partial charge in [-0.1, -0.05) is 5.57 Å². The third kappa shape index (κ3) is 30.5. The molecule has 0 saturated heterocycles. The van der Waals surface area contributed by atoms with E-state index in [1.807, 2.05) is 13.8 Å². The number of rotatable bonds is 13. The second kappa shape index (κ2) is 20.8. The zero-order valence-corrected chi connectivity index (χ0v) is 13.4. The molecule has 0 spiro atoms. The van der Waals surface area contributed by atoms with E-state index in [9.17, 15) is 0 Å². The first-order valence-corrected chi connectivity index (χ1v) is 7.50. The van der Waals surface area contributed by atoms with Crippen molar-refractivity contribution in [2.75, 3.05) is 65.4 Å². The van der Waals surface area contributed by atoms with Crippen LogP contribution >= 0.6 is 0 Å². The number of allylic oxidation sites excluding steroid dienone is 1. The molecular formula is C14H36N6. The van der Waals surface area contributed by atoms with E-state index >= 15 is 0 Å². The average Bonchev–Trinajstić information content (AvgIpc) is 2.39. The average molecular weight is 288 g/mol. The van der Waals surface area contributed by atoms with Crippen LogP contribution in [0.2, 0.25) is 0 Å². The smallest absolute Gasteiger partial charge is 0.00772 e. The lowest BCUT2D eigenvalue weighted by Gasteiger charge is -2.07. The molecule has 0 aromatic rings. The third-order valence-corrected chi connectivity index (χ3v) is 2.08. The van der Waals surface area contributed by atoms with Gasteiger partial charge in [0.1, 0.15) is 0 Å². The zero-order chi connectivity index (χ0) is 15.5. The van der Waals surface area contributed by atoms with Crippen molar-refractivity contribution < 1.29 is 0 Å². The van der Waals surface area contributed by atoms with Crippen LogP contribution in [0.25, 0.3) is 0 Å². The molecule has 0 atom stereocenters. The molecule has 0 unspecified atom stereocenters. The highest BCUT2D eigenvalue weighted by atomic mass is 15.0. The summed E-state index contributed by atoms with van der Waals surface area (Å²) < 4.78 is 0. The Kier molecular flexibility index (Phi) is 22.7. The van der Waals surface area contributed by atoms with E-state index in [1.54, 1.807) is 0 Å². The van der Waals surface area contributed by atoms with Crippen LogP contribution in [-0.4, -0.2) is 65.4 Å². The maximum absolute atomic E-state index is 5.35. The SMILES string of the molecule is C=C(C)C.NCCNCCNCCNCCNCCN. The number of hydrogen-bond acceptors (Lipinski definition) is 6. The Bertz CT molecular complexity index is 169. The summed E-state index contributed by atoms with van der Waals surface area (Å²) in [6, 6.07) is 0. The summed E-state index contributed by atoms with van der Waals surface area (Å²) in [5, 5.41) is 13.1. The summed E-state index contributed by atoms with van der Waals surface area (Å²) in [6.07, 6.45) is 0. The standard InChI is InChI=1S/C10H28N6.C4H8/c11-1-3-13-5-7-15-9-10-16-8-6-14-4-2-12;1-4(2)3/h13-16H,1-12H2;1H2,2-3H3. The van der Waals surface area contributed by atoms with Crippen molar-refractivity contribution >= 4 is 0 Å². The van der Waals surface area contributed by atoms with Crippen LogP contribution < -0.4 is 32.7 Å². The first-order valence-electron chi connectivity index (χ1n) is 7.50. The molecule has 0 saturated carbocycles. The fraction of sp³-hybridized carbons (Fsp3) is 0.857. The second-order valence-electron chi connectivity index (χ2n) is 4.78. The van der Waals surface area contributed by atoms with Gasteiger partial charge >= 0.3 is 0 Å².